The van der Waals surface area contributed by atoms with Gasteiger partial charge in [0.2, 0.25) is 0 Å². The molecule has 133 valence electrons. The van der Waals surface area contributed by atoms with Crippen LogP contribution in [0.1, 0.15) is 44.3 Å². The van der Waals surface area contributed by atoms with Crippen molar-refractivity contribution >= 4 is 0 Å². The number of halogens is 1. The van der Waals surface area contributed by atoms with Crippen LogP contribution in [0, 0.1) is 12.7 Å². The molecule has 0 saturated heterocycles. The highest BCUT2D eigenvalue weighted by atomic mass is 19.1. The monoisotopic (exact) mass is 346 g/mol. The maximum atomic E-state index is 13.8. The Morgan fingerprint density at radius 3 is 2.44 bits per heavy atom. The molecule has 6 nitrogen and oxygen atoms in total. The molecule has 0 N–H and O–H groups in total. The summed E-state index contributed by atoms with van der Waals surface area (Å²) < 4.78 is 30.0. The highest BCUT2D eigenvalue weighted by molar-refractivity contribution is 5.34. The summed E-state index contributed by atoms with van der Waals surface area (Å²) in [4.78, 5) is 12.3. The zero-order valence-electron chi connectivity index (χ0n) is 14.2. The Morgan fingerprint density at radius 2 is 1.76 bits per heavy atom. The van der Waals surface area contributed by atoms with Crippen molar-refractivity contribution in [2.75, 3.05) is 7.11 Å². The Balaban J connectivity index is 1.73. The summed E-state index contributed by atoms with van der Waals surface area (Å²) in [6.45, 7) is 3.72. The number of methoxy groups -OCH3 is 1. The molecule has 0 atom stereocenters. The van der Waals surface area contributed by atoms with Gasteiger partial charge in [-0.1, -0.05) is 12.8 Å². The average molecular weight is 346 g/mol. The molecule has 1 saturated carbocycles. The summed E-state index contributed by atoms with van der Waals surface area (Å²) in [7, 11) is 1.40. The fourth-order valence-electron chi connectivity index (χ4n) is 2.80. The van der Waals surface area contributed by atoms with E-state index in [4.69, 9.17) is 14.2 Å². The quantitative estimate of drug-likeness (QED) is 0.760. The van der Waals surface area contributed by atoms with Gasteiger partial charge >= 0.3 is 12.0 Å². The molecule has 1 fully saturated rings. The Bertz CT molecular complexity index is 719. The van der Waals surface area contributed by atoms with Gasteiger partial charge in [0.25, 0.3) is 0 Å². The van der Waals surface area contributed by atoms with Gasteiger partial charge in [-0.15, -0.1) is 4.98 Å². The minimum Gasteiger partial charge on any atom is -0.494 e. The van der Waals surface area contributed by atoms with E-state index in [2.05, 4.69) is 21.9 Å². The second-order valence-electron chi connectivity index (χ2n) is 5.95. The fraction of sp³-hybridized carbons (Fsp3) is 0.444. The van der Waals surface area contributed by atoms with Crippen LogP contribution < -0.4 is 14.2 Å². The van der Waals surface area contributed by atoms with Gasteiger partial charge in [-0.2, -0.15) is 9.97 Å². The molecular formula is C18H21FN3O3. The van der Waals surface area contributed by atoms with Crippen molar-refractivity contribution in [3.8, 4) is 23.5 Å². The summed E-state index contributed by atoms with van der Waals surface area (Å²) in [5.74, 6) is 0.101. The van der Waals surface area contributed by atoms with E-state index in [1.54, 1.807) is 6.07 Å². The van der Waals surface area contributed by atoms with Crippen LogP contribution in [0.5, 0.6) is 23.5 Å². The Labute approximate surface area is 146 Å². The van der Waals surface area contributed by atoms with Crippen LogP contribution in [0.15, 0.2) is 18.2 Å². The van der Waals surface area contributed by atoms with Crippen molar-refractivity contribution < 1.29 is 18.6 Å². The zero-order valence-corrected chi connectivity index (χ0v) is 14.2. The third kappa shape index (κ3) is 4.78. The van der Waals surface area contributed by atoms with Crippen LogP contribution in [0.4, 0.5) is 4.39 Å². The van der Waals surface area contributed by atoms with Crippen LogP contribution in [-0.4, -0.2) is 28.2 Å². The summed E-state index contributed by atoms with van der Waals surface area (Å²) in [5.41, 5.74) is 0. The molecule has 25 heavy (non-hydrogen) atoms. The summed E-state index contributed by atoms with van der Waals surface area (Å²) in [5, 5.41) is 0. The summed E-state index contributed by atoms with van der Waals surface area (Å²) >= 11 is 0. The SMILES string of the molecule is [CH2]c1nc(Oc2ccc(OC)c(F)c2)nc(OC2CCCCCC2)n1. The molecule has 0 aliphatic heterocycles. The van der Waals surface area contributed by atoms with Crippen LogP contribution >= 0.6 is 0 Å². The van der Waals surface area contributed by atoms with Crippen molar-refractivity contribution in [1.82, 2.24) is 15.0 Å². The largest absolute Gasteiger partial charge is 0.494 e. The smallest absolute Gasteiger partial charge is 0.328 e. The third-order valence-corrected chi connectivity index (χ3v) is 4.05. The number of rotatable bonds is 5. The molecule has 1 aliphatic carbocycles. The van der Waals surface area contributed by atoms with Gasteiger partial charge in [-0.3, -0.25) is 0 Å². The van der Waals surface area contributed by atoms with E-state index in [1.165, 1.54) is 32.1 Å². The third-order valence-electron chi connectivity index (χ3n) is 4.05. The standard InChI is InChI=1S/C18H21FN3O3/c1-12-20-17(24-13-7-5-3-4-6-8-13)22-18(21-12)25-14-9-10-16(23-2)15(19)11-14/h9-11,13H,1,3-8H2,2H3. The number of hydrogen-bond acceptors (Lipinski definition) is 6. The molecule has 1 aromatic carbocycles. The molecule has 0 spiro atoms. The van der Waals surface area contributed by atoms with E-state index in [9.17, 15) is 4.39 Å². The van der Waals surface area contributed by atoms with Gasteiger partial charge in [0.15, 0.2) is 11.6 Å². The van der Waals surface area contributed by atoms with E-state index in [0.29, 0.717) is 0 Å². The molecular weight excluding hydrogens is 325 g/mol. The molecule has 1 radical (unpaired) electrons. The topological polar surface area (TPSA) is 66.4 Å². The van der Waals surface area contributed by atoms with Crippen molar-refractivity contribution in [2.45, 2.75) is 44.6 Å². The number of benzene rings is 1. The fourth-order valence-corrected chi connectivity index (χ4v) is 2.80. The van der Waals surface area contributed by atoms with Crippen molar-refractivity contribution in [1.29, 1.82) is 0 Å². The molecule has 0 amide bonds. The predicted octanol–water partition coefficient (Wildman–Crippen LogP) is 4.10. The molecule has 1 aliphatic rings. The van der Waals surface area contributed by atoms with Crippen LogP contribution in [0.25, 0.3) is 0 Å². The second-order valence-corrected chi connectivity index (χ2v) is 5.95. The van der Waals surface area contributed by atoms with Crippen molar-refractivity contribution in [3.05, 3.63) is 36.8 Å². The van der Waals surface area contributed by atoms with E-state index in [1.807, 2.05) is 0 Å². The lowest BCUT2D eigenvalue weighted by molar-refractivity contribution is 0.165. The first-order valence-electron chi connectivity index (χ1n) is 8.40. The Kier molecular flexibility index (Phi) is 5.63. The van der Waals surface area contributed by atoms with Gasteiger partial charge in [0.05, 0.1) is 7.11 Å². The summed E-state index contributed by atoms with van der Waals surface area (Å²) in [6.07, 6.45) is 6.80. The lowest BCUT2D eigenvalue weighted by Crippen LogP contribution is -2.17. The van der Waals surface area contributed by atoms with E-state index in [0.717, 1.165) is 25.7 Å². The maximum Gasteiger partial charge on any atom is 0.328 e. The van der Waals surface area contributed by atoms with Crippen LogP contribution in [0.3, 0.4) is 0 Å². The van der Waals surface area contributed by atoms with Crippen LogP contribution in [0.2, 0.25) is 0 Å². The second kappa shape index (κ2) is 8.09. The van der Waals surface area contributed by atoms with Gasteiger partial charge < -0.3 is 14.2 Å². The van der Waals surface area contributed by atoms with Gasteiger partial charge in [0.1, 0.15) is 17.7 Å². The molecule has 3 rings (SSSR count). The number of aromatic nitrogens is 3. The van der Waals surface area contributed by atoms with Gasteiger partial charge in [-0.25, -0.2) is 4.39 Å². The molecule has 1 aromatic heterocycles. The molecule has 0 bridgehead atoms. The highest BCUT2D eigenvalue weighted by Crippen LogP contribution is 2.26. The maximum absolute atomic E-state index is 13.8. The highest BCUT2D eigenvalue weighted by Gasteiger charge is 2.17. The minimum absolute atomic E-state index is 0.0215. The van der Waals surface area contributed by atoms with Gasteiger partial charge in [-0.05, 0) is 37.8 Å². The first kappa shape index (κ1) is 17.4. The Hall–Kier alpha value is -2.44. The Morgan fingerprint density at radius 1 is 1.04 bits per heavy atom. The first-order valence-corrected chi connectivity index (χ1v) is 8.40. The zero-order chi connectivity index (χ0) is 17.6. The molecule has 2 aromatic rings. The lowest BCUT2D eigenvalue weighted by Gasteiger charge is -2.15. The van der Waals surface area contributed by atoms with Crippen molar-refractivity contribution in [2.24, 2.45) is 0 Å². The number of ether oxygens (including phenoxy) is 3. The number of nitrogens with zero attached hydrogens (tertiary/aromatic N) is 3. The van der Waals surface area contributed by atoms with Crippen LogP contribution in [-0.2, 0) is 0 Å². The predicted molar refractivity (Wildman–Crippen MR) is 89.4 cm³/mol. The van der Waals surface area contributed by atoms with E-state index >= 15 is 0 Å². The minimum atomic E-state index is -0.529. The van der Waals surface area contributed by atoms with E-state index < -0.39 is 5.82 Å². The molecule has 7 heteroatoms. The van der Waals surface area contributed by atoms with Crippen molar-refractivity contribution in [3.63, 3.8) is 0 Å². The molecule has 1 heterocycles. The summed E-state index contributed by atoms with van der Waals surface area (Å²) in [6, 6.07) is 4.46. The van der Waals surface area contributed by atoms with Gasteiger partial charge in [0, 0.05) is 13.0 Å². The molecule has 0 unspecified atom stereocenters. The average Bonchev–Trinajstić information content (AvgIpc) is 2.83. The number of hydrogen-bond donors (Lipinski definition) is 0. The lowest BCUT2D eigenvalue weighted by atomic mass is 10.2. The first-order chi connectivity index (χ1) is 12.1. The normalized spacial score (nSPS) is 15.5. The van der Waals surface area contributed by atoms with E-state index in [-0.39, 0.29) is 35.4 Å².